The Kier molecular flexibility index (Phi) is 7.47. The van der Waals surface area contributed by atoms with E-state index in [0.717, 1.165) is 17.7 Å². The van der Waals surface area contributed by atoms with Crippen molar-refractivity contribution >= 4 is 17.3 Å². The second-order valence-electron chi connectivity index (χ2n) is 3.91. The van der Waals surface area contributed by atoms with Gasteiger partial charge >= 0.3 is 5.97 Å². The molecule has 0 aliphatic heterocycles. The number of carboxylic acid groups (broad SMARTS) is 1. The maximum Gasteiger partial charge on any atom is 0.349 e. The molecule has 5 nitrogen and oxygen atoms in total. The zero-order chi connectivity index (χ0) is 14.1. The number of hydrogen-bond donors (Lipinski definition) is 1. The average Bonchev–Trinajstić information content (AvgIpc) is 2.77. The summed E-state index contributed by atoms with van der Waals surface area (Å²) in [7, 11) is 1.61. The fourth-order valence-corrected chi connectivity index (χ4v) is 2.54. The van der Waals surface area contributed by atoms with E-state index in [2.05, 4.69) is 6.92 Å². The van der Waals surface area contributed by atoms with Gasteiger partial charge in [0.15, 0.2) is 4.88 Å². The Morgan fingerprint density at radius 3 is 2.68 bits per heavy atom. The number of aryl methyl sites for hydroxylation is 1. The SMILES string of the molecule is CCCc1cc(OCCOCCOC)c(C(=O)O)s1. The van der Waals surface area contributed by atoms with E-state index in [-0.39, 0.29) is 4.88 Å². The Labute approximate surface area is 117 Å². The van der Waals surface area contributed by atoms with E-state index in [0.29, 0.717) is 32.2 Å². The van der Waals surface area contributed by atoms with Crippen molar-refractivity contribution in [3.8, 4) is 5.75 Å². The molecule has 0 fully saturated rings. The van der Waals surface area contributed by atoms with Crippen molar-refractivity contribution in [1.82, 2.24) is 0 Å². The summed E-state index contributed by atoms with van der Waals surface area (Å²) in [5, 5.41) is 9.10. The Morgan fingerprint density at radius 1 is 1.32 bits per heavy atom. The fraction of sp³-hybridized carbons (Fsp3) is 0.615. The highest BCUT2D eigenvalue weighted by Crippen LogP contribution is 2.30. The molecule has 0 aliphatic carbocycles. The largest absolute Gasteiger partial charge is 0.489 e. The van der Waals surface area contributed by atoms with Gasteiger partial charge in [0.2, 0.25) is 0 Å². The molecule has 0 radical (unpaired) electrons. The standard InChI is InChI=1S/C13H20O5S/c1-3-4-10-9-11(12(19-10)13(14)15)18-8-7-17-6-5-16-2/h9H,3-8H2,1-2H3,(H,14,15). The molecule has 0 aromatic carbocycles. The topological polar surface area (TPSA) is 65.0 Å². The fourth-order valence-electron chi connectivity index (χ4n) is 1.50. The van der Waals surface area contributed by atoms with E-state index in [9.17, 15) is 4.79 Å². The van der Waals surface area contributed by atoms with Crippen molar-refractivity contribution in [1.29, 1.82) is 0 Å². The van der Waals surface area contributed by atoms with Gasteiger partial charge in [0.1, 0.15) is 12.4 Å². The van der Waals surface area contributed by atoms with Crippen LogP contribution in [-0.2, 0) is 15.9 Å². The quantitative estimate of drug-likeness (QED) is 0.670. The number of methoxy groups -OCH3 is 1. The second kappa shape index (κ2) is 8.90. The lowest BCUT2D eigenvalue weighted by molar-refractivity contribution is 0.0537. The lowest BCUT2D eigenvalue weighted by atomic mass is 10.3. The summed E-state index contributed by atoms with van der Waals surface area (Å²) in [5.74, 6) is -0.501. The minimum Gasteiger partial charge on any atom is -0.489 e. The molecule has 6 heteroatoms. The Bertz CT molecular complexity index is 388. The number of carboxylic acids is 1. The van der Waals surface area contributed by atoms with Gasteiger partial charge < -0.3 is 19.3 Å². The lowest BCUT2D eigenvalue weighted by Gasteiger charge is -2.06. The summed E-state index contributed by atoms with van der Waals surface area (Å²) < 4.78 is 15.6. The Morgan fingerprint density at radius 2 is 2.05 bits per heavy atom. The molecule has 1 aromatic heterocycles. The second-order valence-corrected chi connectivity index (χ2v) is 5.05. The third kappa shape index (κ3) is 5.59. The van der Waals surface area contributed by atoms with Crippen molar-refractivity contribution in [3.05, 3.63) is 15.8 Å². The molecule has 0 aliphatic rings. The number of rotatable bonds is 10. The smallest absolute Gasteiger partial charge is 0.349 e. The van der Waals surface area contributed by atoms with Crippen molar-refractivity contribution in [2.45, 2.75) is 19.8 Å². The van der Waals surface area contributed by atoms with E-state index >= 15 is 0 Å². The first-order valence-electron chi connectivity index (χ1n) is 6.24. The van der Waals surface area contributed by atoms with Crippen LogP contribution in [-0.4, -0.2) is 44.6 Å². The third-order valence-electron chi connectivity index (χ3n) is 2.36. The highest BCUT2D eigenvalue weighted by atomic mass is 32.1. The molecule has 108 valence electrons. The van der Waals surface area contributed by atoms with Gasteiger partial charge in [-0.2, -0.15) is 0 Å². The average molecular weight is 288 g/mol. The molecule has 0 atom stereocenters. The highest BCUT2D eigenvalue weighted by Gasteiger charge is 2.16. The van der Waals surface area contributed by atoms with E-state index < -0.39 is 5.97 Å². The number of thiophene rings is 1. The molecule has 1 aromatic rings. The highest BCUT2D eigenvalue weighted by molar-refractivity contribution is 7.14. The lowest BCUT2D eigenvalue weighted by Crippen LogP contribution is -2.10. The summed E-state index contributed by atoms with van der Waals surface area (Å²) in [5.41, 5.74) is 0. The van der Waals surface area contributed by atoms with Crippen LogP contribution >= 0.6 is 11.3 Å². The molecular weight excluding hydrogens is 268 g/mol. The summed E-state index contributed by atoms with van der Waals surface area (Å²) in [4.78, 5) is 12.4. The monoisotopic (exact) mass is 288 g/mol. The van der Waals surface area contributed by atoms with Crippen LogP contribution in [0.4, 0.5) is 0 Å². The minimum absolute atomic E-state index is 0.264. The molecule has 0 amide bonds. The van der Waals surface area contributed by atoms with Gasteiger partial charge in [-0.15, -0.1) is 11.3 Å². The molecule has 1 heterocycles. The molecule has 0 saturated heterocycles. The van der Waals surface area contributed by atoms with Crippen molar-refractivity contribution in [2.24, 2.45) is 0 Å². The molecule has 0 saturated carbocycles. The van der Waals surface area contributed by atoms with Gasteiger partial charge in [-0.05, 0) is 12.5 Å². The van der Waals surface area contributed by atoms with Crippen LogP contribution in [0.5, 0.6) is 5.75 Å². The maximum absolute atomic E-state index is 11.1. The third-order valence-corrected chi connectivity index (χ3v) is 3.52. The summed E-state index contributed by atoms with van der Waals surface area (Å²) in [6, 6.07) is 1.81. The molecule has 1 N–H and O–H groups in total. The zero-order valence-corrected chi connectivity index (χ0v) is 12.1. The van der Waals surface area contributed by atoms with Gasteiger partial charge in [-0.3, -0.25) is 0 Å². The molecule has 1 rings (SSSR count). The molecule has 0 bridgehead atoms. The first-order chi connectivity index (χ1) is 9.19. The normalized spacial score (nSPS) is 10.6. The molecule has 0 spiro atoms. The van der Waals surface area contributed by atoms with Crippen LogP contribution in [0.3, 0.4) is 0 Å². The van der Waals surface area contributed by atoms with Gasteiger partial charge in [0.05, 0.1) is 19.8 Å². The van der Waals surface area contributed by atoms with Crippen LogP contribution in [0.1, 0.15) is 27.9 Å². The predicted octanol–water partition coefficient (Wildman–Crippen LogP) is 2.44. The maximum atomic E-state index is 11.1. The van der Waals surface area contributed by atoms with Crippen LogP contribution in [0.25, 0.3) is 0 Å². The zero-order valence-electron chi connectivity index (χ0n) is 11.3. The number of aromatic carboxylic acids is 1. The first-order valence-corrected chi connectivity index (χ1v) is 7.06. The summed E-state index contributed by atoms with van der Waals surface area (Å²) in [6.07, 6.45) is 1.86. The summed E-state index contributed by atoms with van der Waals surface area (Å²) >= 11 is 1.28. The van der Waals surface area contributed by atoms with Crippen molar-refractivity contribution in [2.75, 3.05) is 33.5 Å². The predicted molar refractivity (Wildman–Crippen MR) is 73.5 cm³/mol. The van der Waals surface area contributed by atoms with Gasteiger partial charge in [-0.1, -0.05) is 13.3 Å². The van der Waals surface area contributed by atoms with Crippen LogP contribution < -0.4 is 4.74 Å². The Hall–Kier alpha value is -1.11. The molecular formula is C13H20O5S. The number of ether oxygens (including phenoxy) is 3. The van der Waals surface area contributed by atoms with Crippen molar-refractivity contribution < 1.29 is 24.1 Å². The van der Waals surface area contributed by atoms with Gasteiger partial charge in [0.25, 0.3) is 0 Å². The minimum atomic E-state index is -0.942. The number of hydrogen-bond acceptors (Lipinski definition) is 5. The van der Waals surface area contributed by atoms with Crippen LogP contribution in [0.15, 0.2) is 6.07 Å². The van der Waals surface area contributed by atoms with E-state index in [4.69, 9.17) is 19.3 Å². The van der Waals surface area contributed by atoms with E-state index in [1.807, 2.05) is 6.07 Å². The summed E-state index contributed by atoms with van der Waals surface area (Å²) in [6.45, 7) is 3.87. The van der Waals surface area contributed by atoms with Gasteiger partial charge in [-0.25, -0.2) is 4.79 Å². The molecule has 0 unspecified atom stereocenters. The molecule has 19 heavy (non-hydrogen) atoms. The van der Waals surface area contributed by atoms with Crippen molar-refractivity contribution in [3.63, 3.8) is 0 Å². The van der Waals surface area contributed by atoms with Crippen LogP contribution in [0.2, 0.25) is 0 Å². The number of carbonyl (C=O) groups is 1. The first kappa shape index (κ1) is 15.9. The van der Waals surface area contributed by atoms with Gasteiger partial charge in [0, 0.05) is 12.0 Å². The van der Waals surface area contributed by atoms with E-state index in [1.165, 1.54) is 11.3 Å². The van der Waals surface area contributed by atoms with Crippen LogP contribution in [0, 0.1) is 0 Å². The van der Waals surface area contributed by atoms with E-state index in [1.54, 1.807) is 7.11 Å². The Balaban J connectivity index is 2.44.